The number of halogens is 1. The number of nitrogen functional groups attached to an aromatic ring is 1. The summed E-state index contributed by atoms with van der Waals surface area (Å²) in [7, 11) is 0. The van der Waals surface area contributed by atoms with Crippen LogP contribution >= 0.6 is 15.9 Å². The molecule has 1 saturated heterocycles. The summed E-state index contributed by atoms with van der Waals surface area (Å²) in [5, 5.41) is 3.33. The first-order valence-electron chi connectivity index (χ1n) is 4.77. The molecule has 0 atom stereocenters. The Kier molecular flexibility index (Phi) is 2.93. The van der Waals surface area contributed by atoms with E-state index < -0.39 is 0 Å². The quantitative estimate of drug-likeness (QED) is 0.747. The Morgan fingerprint density at radius 1 is 1.21 bits per heavy atom. The van der Waals surface area contributed by atoms with Gasteiger partial charge in [0.15, 0.2) is 0 Å². The number of nitrogens with two attached hydrogens (primary N) is 1. The van der Waals surface area contributed by atoms with Gasteiger partial charge in [-0.3, -0.25) is 0 Å². The molecule has 3 N–H and O–H groups in total. The third-order valence-electron chi connectivity index (χ3n) is 2.39. The number of benzene rings is 1. The Morgan fingerprint density at radius 3 is 2.57 bits per heavy atom. The topological polar surface area (TPSA) is 41.3 Å². The highest BCUT2D eigenvalue weighted by Gasteiger charge is 2.10. The molecule has 1 fully saturated rings. The molecule has 1 aliphatic heterocycles. The van der Waals surface area contributed by atoms with Gasteiger partial charge in [-0.05, 0) is 18.2 Å². The van der Waals surface area contributed by atoms with Crippen LogP contribution in [0.5, 0.6) is 0 Å². The molecule has 0 aromatic heterocycles. The predicted octanol–water partition coefficient (Wildman–Crippen LogP) is 1.44. The molecular weight excluding hydrogens is 242 g/mol. The van der Waals surface area contributed by atoms with Gasteiger partial charge in [0, 0.05) is 42.0 Å². The lowest BCUT2D eigenvalue weighted by Crippen LogP contribution is -2.43. The van der Waals surface area contributed by atoms with Crippen molar-refractivity contribution in [3.8, 4) is 0 Å². The second-order valence-corrected chi connectivity index (χ2v) is 4.40. The lowest BCUT2D eigenvalue weighted by Gasteiger charge is -2.29. The molecule has 0 aliphatic carbocycles. The summed E-state index contributed by atoms with van der Waals surface area (Å²) in [6.07, 6.45) is 0. The zero-order valence-corrected chi connectivity index (χ0v) is 9.55. The average molecular weight is 256 g/mol. The van der Waals surface area contributed by atoms with Crippen molar-refractivity contribution in [3.05, 3.63) is 22.7 Å². The fourth-order valence-electron chi connectivity index (χ4n) is 1.70. The third-order valence-corrected chi connectivity index (χ3v) is 2.84. The first-order chi connectivity index (χ1) is 6.75. The molecule has 3 nitrogen and oxygen atoms in total. The number of hydrogen-bond donors (Lipinski definition) is 2. The maximum atomic E-state index is 5.79. The van der Waals surface area contributed by atoms with Gasteiger partial charge in [0.05, 0.1) is 0 Å². The SMILES string of the molecule is Nc1cc(Br)cc(N2CCNCC2)c1. The van der Waals surface area contributed by atoms with E-state index in [-0.39, 0.29) is 0 Å². The van der Waals surface area contributed by atoms with Crippen LogP contribution in [0.3, 0.4) is 0 Å². The van der Waals surface area contributed by atoms with Crippen LogP contribution in [-0.2, 0) is 0 Å². The molecule has 2 rings (SSSR count). The van der Waals surface area contributed by atoms with E-state index in [1.54, 1.807) is 0 Å². The normalized spacial score (nSPS) is 17.1. The van der Waals surface area contributed by atoms with Crippen molar-refractivity contribution in [1.82, 2.24) is 5.32 Å². The molecule has 0 radical (unpaired) electrons. The van der Waals surface area contributed by atoms with Crippen LogP contribution in [0, 0.1) is 0 Å². The summed E-state index contributed by atoms with van der Waals surface area (Å²) < 4.78 is 1.05. The zero-order chi connectivity index (χ0) is 9.97. The van der Waals surface area contributed by atoms with E-state index in [9.17, 15) is 0 Å². The van der Waals surface area contributed by atoms with E-state index in [2.05, 4.69) is 32.2 Å². The molecule has 0 bridgehead atoms. The molecule has 4 heteroatoms. The summed E-state index contributed by atoms with van der Waals surface area (Å²) in [4.78, 5) is 2.34. The summed E-state index contributed by atoms with van der Waals surface area (Å²) >= 11 is 3.46. The Morgan fingerprint density at radius 2 is 1.93 bits per heavy atom. The van der Waals surface area contributed by atoms with Crippen LogP contribution < -0.4 is 16.0 Å². The van der Waals surface area contributed by atoms with Crippen molar-refractivity contribution in [3.63, 3.8) is 0 Å². The van der Waals surface area contributed by atoms with Crippen molar-refractivity contribution in [2.75, 3.05) is 36.8 Å². The van der Waals surface area contributed by atoms with Crippen LogP contribution in [0.2, 0.25) is 0 Å². The summed E-state index contributed by atoms with van der Waals surface area (Å²) in [5.74, 6) is 0. The lowest BCUT2D eigenvalue weighted by atomic mass is 10.2. The molecule has 14 heavy (non-hydrogen) atoms. The molecule has 1 aliphatic rings. The molecule has 0 amide bonds. The summed E-state index contributed by atoms with van der Waals surface area (Å²) in [6, 6.07) is 6.06. The number of rotatable bonds is 1. The average Bonchev–Trinajstić information content (AvgIpc) is 2.18. The smallest absolute Gasteiger partial charge is 0.0399 e. The molecular formula is C10H14BrN3. The van der Waals surface area contributed by atoms with Crippen LogP contribution in [0.1, 0.15) is 0 Å². The minimum atomic E-state index is 0.813. The van der Waals surface area contributed by atoms with E-state index >= 15 is 0 Å². The molecule has 0 spiro atoms. The molecule has 1 aromatic carbocycles. The minimum absolute atomic E-state index is 0.813. The van der Waals surface area contributed by atoms with Crippen LogP contribution in [0.25, 0.3) is 0 Å². The molecule has 0 saturated carbocycles. The van der Waals surface area contributed by atoms with Crippen molar-refractivity contribution >= 4 is 27.3 Å². The lowest BCUT2D eigenvalue weighted by molar-refractivity contribution is 0.589. The van der Waals surface area contributed by atoms with Crippen molar-refractivity contribution < 1.29 is 0 Å². The van der Waals surface area contributed by atoms with E-state index in [1.807, 2.05) is 12.1 Å². The first-order valence-corrected chi connectivity index (χ1v) is 5.57. The van der Waals surface area contributed by atoms with E-state index in [1.165, 1.54) is 5.69 Å². The van der Waals surface area contributed by atoms with Gasteiger partial charge >= 0.3 is 0 Å². The van der Waals surface area contributed by atoms with Gasteiger partial charge in [0.2, 0.25) is 0 Å². The third kappa shape index (κ3) is 2.19. The van der Waals surface area contributed by atoms with Gasteiger partial charge in [0.1, 0.15) is 0 Å². The number of anilines is 2. The fraction of sp³-hybridized carbons (Fsp3) is 0.400. The first kappa shape index (κ1) is 9.80. The largest absolute Gasteiger partial charge is 0.399 e. The maximum absolute atomic E-state index is 5.79. The molecule has 0 unspecified atom stereocenters. The Balaban J connectivity index is 2.21. The van der Waals surface area contributed by atoms with Gasteiger partial charge in [-0.15, -0.1) is 0 Å². The monoisotopic (exact) mass is 255 g/mol. The Bertz CT molecular complexity index is 301. The van der Waals surface area contributed by atoms with Gasteiger partial charge in [-0.2, -0.15) is 0 Å². The van der Waals surface area contributed by atoms with Crippen molar-refractivity contribution in [2.45, 2.75) is 0 Å². The molecule has 1 heterocycles. The van der Waals surface area contributed by atoms with Crippen molar-refractivity contribution in [2.24, 2.45) is 0 Å². The number of hydrogen-bond acceptors (Lipinski definition) is 3. The zero-order valence-electron chi connectivity index (χ0n) is 7.96. The van der Waals surface area contributed by atoms with Crippen LogP contribution in [0.4, 0.5) is 11.4 Å². The van der Waals surface area contributed by atoms with Gasteiger partial charge in [0.25, 0.3) is 0 Å². The second-order valence-electron chi connectivity index (χ2n) is 3.48. The fourth-order valence-corrected chi connectivity index (χ4v) is 2.20. The maximum Gasteiger partial charge on any atom is 0.0399 e. The highest BCUT2D eigenvalue weighted by atomic mass is 79.9. The number of nitrogens with zero attached hydrogens (tertiary/aromatic N) is 1. The highest BCUT2D eigenvalue weighted by molar-refractivity contribution is 9.10. The second kappa shape index (κ2) is 4.19. The Labute approximate surface area is 92.4 Å². The van der Waals surface area contributed by atoms with E-state index in [0.717, 1.165) is 36.3 Å². The highest BCUT2D eigenvalue weighted by Crippen LogP contribution is 2.24. The Hall–Kier alpha value is -0.740. The van der Waals surface area contributed by atoms with Gasteiger partial charge < -0.3 is 16.0 Å². The summed E-state index contributed by atoms with van der Waals surface area (Å²) in [6.45, 7) is 4.20. The van der Waals surface area contributed by atoms with Crippen LogP contribution in [0.15, 0.2) is 22.7 Å². The van der Waals surface area contributed by atoms with Gasteiger partial charge in [-0.1, -0.05) is 15.9 Å². The van der Waals surface area contributed by atoms with E-state index in [4.69, 9.17) is 5.73 Å². The predicted molar refractivity (Wildman–Crippen MR) is 63.6 cm³/mol. The summed E-state index contributed by atoms with van der Waals surface area (Å²) in [5.41, 5.74) is 7.81. The molecule has 76 valence electrons. The van der Waals surface area contributed by atoms with Gasteiger partial charge in [-0.25, -0.2) is 0 Å². The van der Waals surface area contributed by atoms with Crippen LogP contribution in [-0.4, -0.2) is 26.2 Å². The van der Waals surface area contributed by atoms with E-state index in [0.29, 0.717) is 0 Å². The van der Waals surface area contributed by atoms with Crippen molar-refractivity contribution in [1.29, 1.82) is 0 Å². The number of nitrogens with one attached hydrogen (secondary N) is 1. The molecule has 1 aromatic rings. The number of piperazine rings is 1. The standard InChI is InChI=1S/C10H14BrN3/c11-8-5-9(12)7-10(6-8)14-3-1-13-2-4-14/h5-7,13H,1-4,12H2. The minimum Gasteiger partial charge on any atom is -0.399 e.